The largest absolute Gasteiger partial charge is 0.497 e. The molecule has 0 saturated carbocycles. The van der Waals surface area contributed by atoms with Gasteiger partial charge in [0.1, 0.15) is 5.76 Å². The van der Waals surface area contributed by atoms with Gasteiger partial charge in [0.25, 0.3) is 0 Å². The predicted molar refractivity (Wildman–Crippen MR) is 82.6 cm³/mol. The van der Waals surface area contributed by atoms with E-state index >= 15 is 0 Å². The Morgan fingerprint density at radius 2 is 2.04 bits per heavy atom. The Hall–Kier alpha value is -2.44. The van der Waals surface area contributed by atoms with Crippen molar-refractivity contribution in [1.29, 1.82) is 0 Å². The predicted octanol–water partition coefficient (Wildman–Crippen LogP) is 3.89. The van der Waals surface area contributed by atoms with Crippen LogP contribution in [0.25, 0.3) is 5.76 Å². The van der Waals surface area contributed by atoms with E-state index in [0.717, 1.165) is 11.1 Å². The van der Waals surface area contributed by atoms with Crippen molar-refractivity contribution in [3.63, 3.8) is 0 Å². The summed E-state index contributed by atoms with van der Waals surface area (Å²) in [6.07, 6.45) is -3.58. The van der Waals surface area contributed by atoms with Crippen LogP contribution in [0.4, 0.5) is 13.2 Å². The van der Waals surface area contributed by atoms with Crippen LogP contribution in [-0.4, -0.2) is 23.5 Å². The number of methoxy groups -OCH3 is 1. The zero-order valence-electron chi connectivity index (χ0n) is 13.2. The Morgan fingerprint density at radius 1 is 1.33 bits per heavy atom. The smallest absolute Gasteiger partial charge is 0.435 e. The summed E-state index contributed by atoms with van der Waals surface area (Å²) in [7, 11) is 1.53. The van der Waals surface area contributed by atoms with Crippen molar-refractivity contribution in [2.24, 2.45) is 0 Å². The maximum atomic E-state index is 13.2. The third kappa shape index (κ3) is 3.11. The third-order valence-electron chi connectivity index (χ3n) is 3.93. The van der Waals surface area contributed by atoms with Crippen molar-refractivity contribution in [2.45, 2.75) is 25.6 Å². The minimum atomic E-state index is -4.48. The first-order valence-electron chi connectivity index (χ1n) is 7.52. The van der Waals surface area contributed by atoms with Gasteiger partial charge >= 0.3 is 6.18 Å². The van der Waals surface area contributed by atoms with Gasteiger partial charge in [-0.3, -0.25) is 0 Å². The molecule has 0 saturated heterocycles. The van der Waals surface area contributed by atoms with Gasteiger partial charge in [-0.05, 0) is 18.4 Å². The van der Waals surface area contributed by atoms with Crippen LogP contribution >= 0.6 is 0 Å². The van der Waals surface area contributed by atoms with Crippen LogP contribution in [0.2, 0.25) is 0 Å². The van der Waals surface area contributed by atoms with E-state index in [1.165, 1.54) is 11.8 Å². The first-order valence-corrected chi connectivity index (χ1v) is 7.52. The first-order chi connectivity index (χ1) is 11.4. The van der Waals surface area contributed by atoms with Gasteiger partial charge < -0.3 is 9.47 Å². The number of aromatic nitrogens is 2. The minimum Gasteiger partial charge on any atom is -0.497 e. The standard InChI is InChI=1S/C17H17F3N2O2/c1-11(23-2)13-7-5-12(6-8-13)10-22-16-14(4-3-9-24-16)15(21-22)17(18,19)20/h5-8H,1,3-4,9-10H2,2H3. The molecule has 4 nitrogen and oxygen atoms in total. The lowest BCUT2D eigenvalue weighted by Crippen LogP contribution is -2.13. The normalized spacial score (nSPS) is 14.0. The van der Waals surface area contributed by atoms with E-state index < -0.39 is 11.9 Å². The fraction of sp³-hybridized carbons (Fsp3) is 0.353. The number of rotatable bonds is 4. The van der Waals surface area contributed by atoms with E-state index in [1.807, 2.05) is 24.3 Å². The number of benzene rings is 1. The number of ether oxygens (including phenoxy) is 2. The lowest BCUT2D eigenvalue weighted by molar-refractivity contribution is -0.142. The molecule has 128 valence electrons. The lowest BCUT2D eigenvalue weighted by Gasteiger charge is -2.16. The highest BCUT2D eigenvalue weighted by atomic mass is 19.4. The third-order valence-corrected chi connectivity index (χ3v) is 3.93. The van der Waals surface area contributed by atoms with E-state index in [2.05, 4.69) is 11.7 Å². The average molecular weight is 338 g/mol. The monoisotopic (exact) mass is 338 g/mol. The summed E-state index contributed by atoms with van der Waals surface area (Å²) in [4.78, 5) is 0. The summed E-state index contributed by atoms with van der Waals surface area (Å²) in [5.74, 6) is 0.750. The van der Waals surface area contributed by atoms with Gasteiger partial charge in [0.15, 0.2) is 5.69 Å². The molecule has 0 unspecified atom stereocenters. The molecule has 0 aliphatic carbocycles. The highest BCUT2D eigenvalue weighted by Crippen LogP contribution is 2.38. The minimum absolute atomic E-state index is 0.151. The van der Waals surface area contributed by atoms with Crippen molar-refractivity contribution >= 4 is 5.76 Å². The van der Waals surface area contributed by atoms with E-state index in [-0.39, 0.29) is 18.0 Å². The van der Waals surface area contributed by atoms with Gasteiger partial charge in [-0.25, -0.2) is 4.68 Å². The summed E-state index contributed by atoms with van der Waals surface area (Å²) in [5, 5.41) is 3.76. The van der Waals surface area contributed by atoms with Crippen LogP contribution in [0.3, 0.4) is 0 Å². The van der Waals surface area contributed by atoms with E-state index in [9.17, 15) is 13.2 Å². The fourth-order valence-electron chi connectivity index (χ4n) is 2.71. The molecule has 0 fully saturated rings. The van der Waals surface area contributed by atoms with E-state index in [0.29, 0.717) is 25.2 Å². The van der Waals surface area contributed by atoms with Crippen molar-refractivity contribution < 1.29 is 22.6 Å². The van der Waals surface area contributed by atoms with Crippen LogP contribution in [0.5, 0.6) is 5.88 Å². The van der Waals surface area contributed by atoms with Crippen LogP contribution in [0.1, 0.15) is 28.8 Å². The molecule has 7 heteroatoms. The zero-order chi connectivity index (χ0) is 17.3. The molecule has 1 aliphatic rings. The Bertz CT molecular complexity index is 748. The molecule has 24 heavy (non-hydrogen) atoms. The van der Waals surface area contributed by atoms with Gasteiger partial charge in [0.2, 0.25) is 5.88 Å². The average Bonchev–Trinajstić information content (AvgIpc) is 2.94. The lowest BCUT2D eigenvalue weighted by atomic mass is 10.1. The van der Waals surface area contributed by atoms with Gasteiger partial charge in [0, 0.05) is 11.1 Å². The van der Waals surface area contributed by atoms with Crippen molar-refractivity contribution in [3.05, 3.63) is 53.2 Å². The number of nitrogens with zero attached hydrogens (tertiary/aromatic N) is 2. The number of alkyl halides is 3. The highest BCUT2D eigenvalue weighted by Gasteiger charge is 2.40. The zero-order valence-corrected chi connectivity index (χ0v) is 13.2. The van der Waals surface area contributed by atoms with Crippen molar-refractivity contribution in [2.75, 3.05) is 13.7 Å². The summed E-state index contributed by atoms with van der Waals surface area (Å²) >= 11 is 0. The van der Waals surface area contributed by atoms with Gasteiger partial charge in [0.05, 0.1) is 20.3 Å². The number of halogens is 3. The second-order valence-electron chi connectivity index (χ2n) is 5.56. The molecule has 0 spiro atoms. The molecular formula is C17H17F3N2O2. The summed E-state index contributed by atoms with van der Waals surface area (Å²) in [5.41, 5.74) is 0.937. The fourth-order valence-corrected chi connectivity index (χ4v) is 2.71. The quantitative estimate of drug-likeness (QED) is 0.794. The maximum Gasteiger partial charge on any atom is 0.435 e. The Kier molecular flexibility index (Phi) is 4.26. The molecule has 2 heterocycles. The maximum absolute atomic E-state index is 13.2. The van der Waals surface area contributed by atoms with Crippen molar-refractivity contribution in [1.82, 2.24) is 9.78 Å². The molecule has 2 aromatic rings. The molecule has 0 radical (unpaired) electrons. The van der Waals surface area contributed by atoms with Crippen LogP contribution < -0.4 is 4.74 Å². The Morgan fingerprint density at radius 3 is 2.67 bits per heavy atom. The topological polar surface area (TPSA) is 36.3 Å². The second kappa shape index (κ2) is 6.22. The molecule has 1 aliphatic heterocycles. The summed E-state index contributed by atoms with van der Waals surface area (Å²) < 4.78 is 51.3. The van der Waals surface area contributed by atoms with Gasteiger partial charge in [-0.1, -0.05) is 30.8 Å². The van der Waals surface area contributed by atoms with Gasteiger partial charge in [-0.2, -0.15) is 18.3 Å². The van der Waals surface area contributed by atoms with Gasteiger partial charge in [-0.15, -0.1) is 0 Å². The molecule has 0 amide bonds. The highest BCUT2D eigenvalue weighted by molar-refractivity contribution is 5.57. The first kappa shape index (κ1) is 16.4. The number of fused-ring (bicyclic) bond motifs is 1. The Balaban J connectivity index is 1.90. The number of hydrogen-bond donors (Lipinski definition) is 0. The van der Waals surface area contributed by atoms with Crippen molar-refractivity contribution in [3.8, 4) is 5.88 Å². The molecule has 1 aromatic heterocycles. The Labute approximate surface area is 137 Å². The summed E-state index contributed by atoms with van der Waals surface area (Å²) in [6.45, 7) is 4.37. The van der Waals surface area contributed by atoms with E-state index in [4.69, 9.17) is 9.47 Å². The molecular weight excluding hydrogens is 321 g/mol. The number of hydrogen-bond acceptors (Lipinski definition) is 3. The molecule has 0 N–H and O–H groups in total. The SMILES string of the molecule is C=C(OC)c1ccc(Cn2nc(C(F)(F)F)c3c2OCCC3)cc1. The molecule has 0 bridgehead atoms. The summed E-state index contributed by atoms with van der Waals surface area (Å²) in [6, 6.07) is 7.23. The van der Waals surface area contributed by atoms with Crippen LogP contribution in [0, 0.1) is 0 Å². The molecule has 0 atom stereocenters. The van der Waals surface area contributed by atoms with E-state index in [1.54, 1.807) is 0 Å². The molecule has 1 aromatic carbocycles. The van der Waals surface area contributed by atoms with Crippen LogP contribution in [0.15, 0.2) is 30.8 Å². The van der Waals surface area contributed by atoms with Crippen LogP contribution in [-0.2, 0) is 23.9 Å². The molecule has 3 rings (SSSR count). The second-order valence-corrected chi connectivity index (χ2v) is 5.56.